The molecule has 0 unspecified atom stereocenters. The lowest BCUT2D eigenvalue weighted by Gasteiger charge is -2.41. The average molecular weight is 560 g/mol. The van der Waals surface area contributed by atoms with E-state index in [0.717, 1.165) is 81.5 Å². The van der Waals surface area contributed by atoms with Crippen LogP contribution in [0.4, 0.5) is 11.8 Å². The first kappa shape index (κ1) is 31.3. The van der Waals surface area contributed by atoms with Gasteiger partial charge in [0.05, 0.1) is 5.56 Å². The van der Waals surface area contributed by atoms with Crippen molar-refractivity contribution in [3.8, 4) is 5.75 Å². The van der Waals surface area contributed by atoms with Gasteiger partial charge in [-0.1, -0.05) is 52.6 Å². The van der Waals surface area contributed by atoms with E-state index in [1.165, 1.54) is 24.0 Å². The number of hydrogen-bond acceptors (Lipinski definition) is 6. The van der Waals surface area contributed by atoms with Crippen LogP contribution in [0.5, 0.6) is 5.75 Å². The van der Waals surface area contributed by atoms with Crippen LogP contribution in [-0.4, -0.2) is 67.8 Å². The van der Waals surface area contributed by atoms with Gasteiger partial charge in [0, 0.05) is 38.2 Å². The van der Waals surface area contributed by atoms with Crippen molar-refractivity contribution in [1.29, 1.82) is 0 Å². The molecule has 0 atom stereocenters. The summed E-state index contributed by atoms with van der Waals surface area (Å²) in [6, 6.07) is 4.20. The number of unbranched alkanes of at least 4 members (excludes halogenated alkanes) is 1. The van der Waals surface area contributed by atoms with E-state index in [0.29, 0.717) is 18.1 Å². The molecule has 1 N–H and O–H groups in total. The summed E-state index contributed by atoms with van der Waals surface area (Å²) in [7, 11) is 2.00. The van der Waals surface area contributed by atoms with Crippen molar-refractivity contribution in [3.05, 3.63) is 44.2 Å². The summed E-state index contributed by atoms with van der Waals surface area (Å²) in [5.74, 6) is 2.29. The fraction of sp³-hybridized carbons (Fsp3) is 0.677. The number of ether oxygens (including phenoxy) is 1. The summed E-state index contributed by atoms with van der Waals surface area (Å²) in [4.78, 5) is 27.3. The molecular weight excluding hydrogens is 510 g/mol. The van der Waals surface area contributed by atoms with Crippen molar-refractivity contribution in [2.75, 3.05) is 62.7 Å². The third-order valence-electron chi connectivity index (χ3n) is 8.28. The van der Waals surface area contributed by atoms with Gasteiger partial charge < -0.3 is 19.4 Å². The van der Waals surface area contributed by atoms with Gasteiger partial charge >= 0.3 is 0 Å². The second-order valence-electron chi connectivity index (χ2n) is 11.2. The molecule has 8 heteroatoms. The molecule has 1 aliphatic rings. The number of likely N-dealkylation sites (N-methyl/N-ethyl adjacent to an activating group) is 1. The van der Waals surface area contributed by atoms with Crippen LogP contribution in [0.25, 0.3) is 0 Å². The molecular formula is C31H50ClN5O2. The lowest BCUT2D eigenvalue weighted by atomic mass is 9.72. The highest BCUT2D eigenvalue weighted by Gasteiger charge is 2.36. The van der Waals surface area contributed by atoms with Crippen molar-refractivity contribution >= 4 is 23.4 Å². The first-order valence-corrected chi connectivity index (χ1v) is 15.3. The number of aryl methyl sites for hydroxylation is 1. The third-order valence-corrected chi connectivity index (χ3v) is 8.58. The maximum Gasteiger partial charge on any atom is 0.257 e. The lowest BCUT2D eigenvalue weighted by Crippen LogP contribution is -2.43. The highest BCUT2D eigenvalue weighted by molar-refractivity contribution is 6.31. The minimum Gasteiger partial charge on any atom is -0.492 e. The number of halogens is 1. The molecule has 1 aromatic carbocycles. The van der Waals surface area contributed by atoms with Crippen LogP contribution in [0.15, 0.2) is 16.9 Å². The Balaban J connectivity index is 1.73. The predicted molar refractivity (Wildman–Crippen MR) is 165 cm³/mol. The van der Waals surface area contributed by atoms with E-state index < -0.39 is 0 Å². The van der Waals surface area contributed by atoms with Gasteiger partial charge in [0.25, 0.3) is 5.56 Å². The maximum atomic E-state index is 12.7. The molecule has 1 fully saturated rings. The zero-order chi connectivity index (χ0) is 28.6. The van der Waals surface area contributed by atoms with Crippen molar-refractivity contribution in [3.63, 3.8) is 0 Å². The van der Waals surface area contributed by atoms with Crippen LogP contribution in [0, 0.1) is 6.92 Å². The summed E-state index contributed by atoms with van der Waals surface area (Å²) < 4.78 is 6.18. The zero-order valence-corrected chi connectivity index (χ0v) is 26.1. The van der Waals surface area contributed by atoms with Gasteiger partial charge in [-0.3, -0.25) is 9.78 Å². The molecule has 3 rings (SSSR count). The quantitative estimate of drug-likeness (QED) is 0.297. The van der Waals surface area contributed by atoms with Crippen molar-refractivity contribution < 1.29 is 4.74 Å². The first-order chi connectivity index (χ1) is 18.7. The van der Waals surface area contributed by atoms with E-state index in [2.05, 4.69) is 60.4 Å². The fourth-order valence-corrected chi connectivity index (χ4v) is 6.17. The molecule has 218 valence electrons. The summed E-state index contributed by atoms with van der Waals surface area (Å²) in [6.07, 6.45) is 6.20. The normalized spacial score (nSPS) is 15.2. The Kier molecular flexibility index (Phi) is 11.6. The molecule has 7 nitrogen and oxygen atoms in total. The number of nitrogens with one attached hydrogen (secondary N) is 1. The SMILES string of the molecule is CCCCN(CC)CCOc1cc(Cl)c(C2(C)CCN(c3nc(N(C)CCC)c(C)c(=O)[nH]3)CC2)c(CC)c1. The Morgan fingerprint density at radius 1 is 1.10 bits per heavy atom. The number of aromatic nitrogens is 2. The van der Waals surface area contributed by atoms with Crippen LogP contribution in [-0.2, 0) is 11.8 Å². The van der Waals surface area contributed by atoms with Gasteiger partial charge in [0.2, 0.25) is 5.95 Å². The number of anilines is 2. The Labute approximate surface area is 240 Å². The Bertz CT molecular complexity index is 1130. The molecule has 2 aromatic rings. The Morgan fingerprint density at radius 3 is 2.44 bits per heavy atom. The van der Waals surface area contributed by atoms with Crippen LogP contribution in [0.3, 0.4) is 0 Å². The minimum absolute atomic E-state index is 0.0521. The first-order valence-electron chi connectivity index (χ1n) is 14.9. The largest absolute Gasteiger partial charge is 0.492 e. The minimum atomic E-state index is -0.0642. The summed E-state index contributed by atoms with van der Waals surface area (Å²) in [5, 5.41) is 0.795. The Hall–Kier alpha value is -2.25. The van der Waals surface area contributed by atoms with E-state index in [9.17, 15) is 4.79 Å². The molecule has 1 saturated heterocycles. The van der Waals surface area contributed by atoms with Crippen molar-refractivity contribution in [2.24, 2.45) is 0 Å². The molecule has 39 heavy (non-hydrogen) atoms. The molecule has 0 radical (unpaired) electrons. The molecule has 0 saturated carbocycles. The zero-order valence-electron chi connectivity index (χ0n) is 25.3. The van der Waals surface area contributed by atoms with Gasteiger partial charge in [0.1, 0.15) is 18.2 Å². The number of nitrogens with zero attached hydrogens (tertiary/aromatic N) is 4. The molecule has 2 heterocycles. The van der Waals surface area contributed by atoms with Crippen LogP contribution in [0.1, 0.15) is 83.4 Å². The molecule has 0 bridgehead atoms. The summed E-state index contributed by atoms with van der Waals surface area (Å²) in [6.45, 7) is 19.2. The van der Waals surface area contributed by atoms with Crippen LogP contribution < -0.4 is 20.1 Å². The van der Waals surface area contributed by atoms with E-state index in [1.807, 2.05) is 20.0 Å². The predicted octanol–water partition coefficient (Wildman–Crippen LogP) is 6.20. The Morgan fingerprint density at radius 2 is 1.82 bits per heavy atom. The number of rotatable bonds is 14. The maximum absolute atomic E-state index is 12.7. The van der Waals surface area contributed by atoms with Crippen LogP contribution >= 0.6 is 11.6 Å². The smallest absolute Gasteiger partial charge is 0.257 e. The lowest BCUT2D eigenvalue weighted by molar-refractivity contribution is 0.213. The summed E-state index contributed by atoms with van der Waals surface area (Å²) >= 11 is 6.98. The summed E-state index contributed by atoms with van der Waals surface area (Å²) in [5.41, 5.74) is 3.05. The highest BCUT2D eigenvalue weighted by atomic mass is 35.5. The van der Waals surface area contributed by atoms with Crippen LogP contribution in [0.2, 0.25) is 5.02 Å². The second-order valence-corrected chi connectivity index (χ2v) is 11.6. The topological polar surface area (TPSA) is 64.7 Å². The molecule has 1 aliphatic heterocycles. The van der Waals surface area contributed by atoms with Gasteiger partial charge in [-0.05, 0) is 80.8 Å². The van der Waals surface area contributed by atoms with Gasteiger partial charge in [0.15, 0.2) is 0 Å². The van der Waals surface area contributed by atoms with E-state index >= 15 is 0 Å². The fourth-order valence-electron chi connectivity index (χ4n) is 5.71. The third kappa shape index (κ3) is 7.69. The van der Waals surface area contributed by atoms with Gasteiger partial charge in [-0.2, -0.15) is 4.98 Å². The standard InChI is InChI=1S/C31H50ClN5O2/c1-8-12-16-36(11-4)19-20-39-25-21-24(10-3)27(26(32)22-25)31(6)13-17-37(18-14-31)30-33-28(35(7)15-9-2)23(5)29(38)34-30/h21-22H,8-20H2,1-7H3,(H,33,34,38). The van der Waals surface area contributed by atoms with E-state index in [1.54, 1.807) is 0 Å². The van der Waals surface area contributed by atoms with Gasteiger partial charge in [-0.25, -0.2) is 0 Å². The molecule has 0 spiro atoms. The number of piperidine rings is 1. The van der Waals surface area contributed by atoms with E-state index in [-0.39, 0.29) is 11.0 Å². The van der Waals surface area contributed by atoms with Crippen molar-refractivity contribution in [1.82, 2.24) is 14.9 Å². The molecule has 0 amide bonds. The number of H-pyrrole nitrogens is 1. The molecule has 0 aliphatic carbocycles. The average Bonchev–Trinajstić information content (AvgIpc) is 2.92. The number of benzene rings is 1. The number of hydrogen-bond donors (Lipinski definition) is 1. The van der Waals surface area contributed by atoms with Crippen molar-refractivity contribution in [2.45, 2.75) is 85.5 Å². The molecule has 1 aromatic heterocycles. The highest BCUT2D eigenvalue weighted by Crippen LogP contribution is 2.43. The number of aromatic amines is 1. The second kappa shape index (κ2) is 14.4. The monoisotopic (exact) mass is 559 g/mol. The van der Waals surface area contributed by atoms with E-state index in [4.69, 9.17) is 21.3 Å². The van der Waals surface area contributed by atoms with Gasteiger partial charge in [-0.15, -0.1) is 0 Å².